The minimum absolute atomic E-state index is 0.517. The zero-order valence-electron chi connectivity index (χ0n) is 8.55. The van der Waals surface area contributed by atoms with Crippen molar-refractivity contribution < 1.29 is 4.79 Å². The molecule has 5 atom stereocenters. The van der Waals surface area contributed by atoms with Gasteiger partial charge in [0, 0.05) is 6.42 Å². The van der Waals surface area contributed by atoms with Crippen molar-refractivity contribution in [3.63, 3.8) is 0 Å². The second-order valence-electron chi connectivity index (χ2n) is 5.79. The van der Waals surface area contributed by atoms with Gasteiger partial charge in [0.05, 0.1) is 0 Å². The van der Waals surface area contributed by atoms with Crippen LogP contribution in [-0.2, 0) is 4.79 Å². The molecule has 0 aliphatic heterocycles. The van der Waals surface area contributed by atoms with Gasteiger partial charge in [-0.25, -0.2) is 0 Å². The van der Waals surface area contributed by atoms with Gasteiger partial charge in [-0.15, -0.1) is 0 Å². The van der Waals surface area contributed by atoms with Crippen LogP contribution in [0, 0.1) is 28.6 Å². The normalized spacial score (nSPS) is 61.2. The van der Waals surface area contributed by atoms with Crippen LogP contribution in [0.15, 0.2) is 0 Å². The molecule has 2 unspecified atom stereocenters. The summed E-state index contributed by atoms with van der Waals surface area (Å²) >= 11 is 0. The largest absolute Gasteiger partial charge is 0.303 e. The Hall–Kier alpha value is -0.330. The molecule has 4 bridgehead atoms. The standard InChI is InChI=1S/C12H18O/c1-11(4-3-5-13)8-6-9-10(7-8)12(9,11)2/h5,8-10H,3-4,6-7H2,1-2H3/t8?,9-,10+,11-,12?/m1/s1. The van der Waals surface area contributed by atoms with Gasteiger partial charge in [0.1, 0.15) is 6.29 Å². The number of carbonyl (C=O) groups excluding carboxylic acids is 1. The fraction of sp³-hybridized carbons (Fsp3) is 0.917. The second-order valence-corrected chi connectivity index (χ2v) is 5.79. The lowest BCUT2D eigenvalue weighted by Gasteiger charge is -2.33. The molecule has 1 heteroatoms. The van der Waals surface area contributed by atoms with Crippen molar-refractivity contribution in [2.24, 2.45) is 28.6 Å². The minimum Gasteiger partial charge on any atom is -0.303 e. The van der Waals surface area contributed by atoms with E-state index in [1.807, 2.05) is 0 Å². The van der Waals surface area contributed by atoms with Gasteiger partial charge in [0.25, 0.3) is 0 Å². The summed E-state index contributed by atoms with van der Waals surface area (Å²) in [6, 6.07) is 0. The topological polar surface area (TPSA) is 17.1 Å². The summed E-state index contributed by atoms with van der Waals surface area (Å²) in [7, 11) is 0. The zero-order chi connectivity index (χ0) is 9.27. The van der Waals surface area contributed by atoms with Crippen LogP contribution in [0.5, 0.6) is 0 Å². The molecule has 0 aromatic carbocycles. The Balaban J connectivity index is 1.88. The minimum atomic E-state index is 0.517. The van der Waals surface area contributed by atoms with Crippen LogP contribution in [0.2, 0.25) is 0 Å². The second kappa shape index (κ2) is 2.02. The molecule has 1 nitrogen and oxygen atoms in total. The summed E-state index contributed by atoms with van der Waals surface area (Å²) < 4.78 is 0. The highest BCUT2D eigenvalue weighted by Crippen LogP contribution is 2.86. The van der Waals surface area contributed by atoms with E-state index in [2.05, 4.69) is 13.8 Å². The summed E-state index contributed by atoms with van der Waals surface area (Å²) in [6.07, 6.45) is 5.96. The van der Waals surface area contributed by atoms with E-state index in [0.29, 0.717) is 10.8 Å². The van der Waals surface area contributed by atoms with Gasteiger partial charge < -0.3 is 4.79 Å². The first kappa shape index (κ1) is 8.02. The van der Waals surface area contributed by atoms with E-state index in [9.17, 15) is 4.79 Å². The molecule has 4 aliphatic carbocycles. The maximum Gasteiger partial charge on any atom is 0.120 e. The molecule has 0 saturated heterocycles. The van der Waals surface area contributed by atoms with Crippen LogP contribution in [0.25, 0.3) is 0 Å². The lowest BCUT2D eigenvalue weighted by Crippen LogP contribution is -2.27. The molecule has 0 spiro atoms. The SMILES string of the molecule is CC12[C@@H]3CC(C[C@@H]31)[C@@]2(C)CCC=O. The van der Waals surface area contributed by atoms with Gasteiger partial charge in [0.2, 0.25) is 0 Å². The van der Waals surface area contributed by atoms with Crippen LogP contribution < -0.4 is 0 Å². The summed E-state index contributed by atoms with van der Waals surface area (Å²) in [5.74, 6) is 3.02. The maximum atomic E-state index is 10.4. The molecular formula is C12H18O. The predicted octanol–water partition coefficient (Wildman–Crippen LogP) is 2.65. The Morgan fingerprint density at radius 1 is 1.31 bits per heavy atom. The van der Waals surface area contributed by atoms with E-state index in [0.717, 1.165) is 36.9 Å². The first-order valence-electron chi connectivity index (χ1n) is 5.58. The van der Waals surface area contributed by atoms with Gasteiger partial charge in [-0.05, 0) is 47.8 Å². The molecule has 4 aliphatic rings. The average Bonchev–Trinajstić information content (AvgIpc) is 2.54. The predicted molar refractivity (Wildman–Crippen MR) is 51.2 cm³/mol. The molecule has 4 fully saturated rings. The molecule has 0 heterocycles. The Bertz CT molecular complexity index is 258. The first-order chi connectivity index (χ1) is 6.14. The lowest BCUT2D eigenvalue weighted by atomic mass is 9.71. The quantitative estimate of drug-likeness (QED) is 0.607. The van der Waals surface area contributed by atoms with Crippen LogP contribution in [0.1, 0.15) is 39.5 Å². The van der Waals surface area contributed by atoms with E-state index in [-0.39, 0.29) is 0 Å². The highest BCUT2D eigenvalue weighted by atomic mass is 16.1. The summed E-state index contributed by atoms with van der Waals surface area (Å²) in [5.41, 5.74) is 1.16. The molecule has 13 heavy (non-hydrogen) atoms. The van der Waals surface area contributed by atoms with Crippen molar-refractivity contribution in [1.82, 2.24) is 0 Å². The van der Waals surface area contributed by atoms with E-state index >= 15 is 0 Å². The highest BCUT2D eigenvalue weighted by molar-refractivity contribution is 5.49. The van der Waals surface area contributed by atoms with E-state index in [4.69, 9.17) is 0 Å². The van der Waals surface area contributed by atoms with Gasteiger partial charge in [-0.3, -0.25) is 0 Å². The van der Waals surface area contributed by atoms with Crippen LogP contribution in [0.3, 0.4) is 0 Å². The molecule has 0 N–H and O–H groups in total. The third kappa shape index (κ3) is 0.628. The maximum absolute atomic E-state index is 10.4. The fourth-order valence-corrected chi connectivity index (χ4v) is 4.86. The average molecular weight is 178 g/mol. The lowest BCUT2D eigenvalue weighted by molar-refractivity contribution is -0.108. The summed E-state index contributed by atoms with van der Waals surface area (Å²) in [5, 5.41) is 0. The Morgan fingerprint density at radius 3 is 2.31 bits per heavy atom. The molecule has 0 aromatic heterocycles. The van der Waals surface area contributed by atoms with Gasteiger partial charge in [-0.2, -0.15) is 0 Å². The molecule has 0 amide bonds. The van der Waals surface area contributed by atoms with E-state index < -0.39 is 0 Å². The fourth-order valence-electron chi connectivity index (χ4n) is 4.86. The number of aldehydes is 1. The molecule has 0 radical (unpaired) electrons. The Kier molecular flexibility index (Phi) is 1.24. The third-order valence-corrected chi connectivity index (χ3v) is 5.91. The van der Waals surface area contributed by atoms with Crippen molar-refractivity contribution in [1.29, 1.82) is 0 Å². The molecule has 4 rings (SSSR count). The summed E-state index contributed by atoms with van der Waals surface area (Å²) in [4.78, 5) is 10.4. The van der Waals surface area contributed by atoms with E-state index in [1.165, 1.54) is 12.8 Å². The van der Waals surface area contributed by atoms with Crippen molar-refractivity contribution >= 4 is 6.29 Å². The van der Waals surface area contributed by atoms with Crippen molar-refractivity contribution in [3.8, 4) is 0 Å². The zero-order valence-corrected chi connectivity index (χ0v) is 8.55. The van der Waals surface area contributed by atoms with Crippen LogP contribution in [0.4, 0.5) is 0 Å². The molecular weight excluding hydrogens is 160 g/mol. The number of hydrogen-bond acceptors (Lipinski definition) is 1. The number of carbonyl (C=O) groups is 1. The van der Waals surface area contributed by atoms with Crippen molar-refractivity contribution in [3.05, 3.63) is 0 Å². The molecule has 4 saturated carbocycles. The smallest absolute Gasteiger partial charge is 0.120 e. The van der Waals surface area contributed by atoms with Crippen molar-refractivity contribution in [2.75, 3.05) is 0 Å². The number of rotatable bonds is 3. The molecule has 0 aromatic rings. The number of hydrogen-bond donors (Lipinski definition) is 0. The third-order valence-electron chi connectivity index (χ3n) is 5.91. The Morgan fingerprint density at radius 2 is 1.92 bits per heavy atom. The summed E-state index contributed by atoms with van der Waals surface area (Å²) in [6.45, 7) is 4.91. The van der Waals surface area contributed by atoms with Gasteiger partial charge in [-0.1, -0.05) is 13.8 Å². The monoisotopic (exact) mass is 178 g/mol. The van der Waals surface area contributed by atoms with Gasteiger partial charge in [0.15, 0.2) is 0 Å². The van der Waals surface area contributed by atoms with Gasteiger partial charge >= 0.3 is 0 Å². The highest BCUT2D eigenvalue weighted by Gasteiger charge is 2.80. The van der Waals surface area contributed by atoms with E-state index in [1.54, 1.807) is 0 Å². The van der Waals surface area contributed by atoms with Crippen molar-refractivity contribution in [2.45, 2.75) is 39.5 Å². The first-order valence-corrected chi connectivity index (χ1v) is 5.58. The van der Waals surface area contributed by atoms with Crippen LogP contribution in [-0.4, -0.2) is 6.29 Å². The Labute approximate surface area is 79.9 Å². The van der Waals surface area contributed by atoms with Crippen LogP contribution >= 0.6 is 0 Å². The molecule has 72 valence electrons.